The first kappa shape index (κ1) is 27.5. The van der Waals surface area contributed by atoms with E-state index in [4.69, 9.17) is 15.3 Å². The van der Waals surface area contributed by atoms with E-state index in [1.165, 1.54) is 42.0 Å². The lowest BCUT2D eigenvalue weighted by atomic mass is 9.87. The van der Waals surface area contributed by atoms with Crippen molar-refractivity contribution in [1.29, 1.82) is 0 Å². The van der Waals surface area contributed by atoms with Crippen LogP contribution in [0.25, 0.3) is 0 Å². The maximum atomic E-state index is 13.2. The van der Waals surface area contributed by atoms with Crippen molar-refractivity contribution in [1.82, 2.24) is 15.2 Å². The van der Waals surface area contributed by atoms with Gasteiger partial charge in [-0.05, 0) is 34.6 Å². The number of esters is 1. The van der Waals surface area contributed by atoms with Crippen LogP contribution in [0.3, 0.4) is 0 Å². The van der Waals surface area contributed by atoms with Crippen molar-refractivity contribution in [2.75, 3.05) is 18.0 Å². The van der Waals surface area contributed by atoms with Crippen molar-refractivity contribution < 1.29 is 33.9 Å². The number of carboxylic acid groups (broad SMARTS) is 1. The zero-order valence-electron chi connectivity index (χ0n) is 20.6. The Bertz CT molecular complexity index is 1130. The van der Waals surface area contributed by atoms with Gasteiger partial charge in [-0.2, -0.15) is 0 Å². The van der Waals surface area contributed by atoms with E-state index in [1.807, 2.05) is 0 Å². The van der Waals surface area contributed by atoms with Gasteiger partial charge in [-0.3, -0.25) is 14.4 Å². The van der Waals surface area contributed by atoms with Crippen molar-refractivity contribution in [3.05, 3.63) is 23.7 Å². The summed E-state index contributed by atoms with van der Waals surface area (Å²) in [5.41, 5.74) is 1.99. The number of aliphatic carboxylic acids is 1. The molecule has 0 spiro atoms. The summed E-state index contributed by atoms with van der Waals surface area (Å²) >= 11 is 2.31. The number of aromatic nitrogens is 1. The van der Waals surface area contributed by atoms with E-state index in [0.717, 1.165) is 11.3 Å². The van der Waals surface area contributed by atoms with E-state index in [1.54, 1.807) is 20.8 Å². The lowest BCUT2D eigenvalue weighted by molar-refractivity contribution is -0.179. The molecule has 2 aliphatic heterocycles. The zero-order chi connectivity index (χ0) is 27.1. The second kappa shape index (κ2) is 9.73. The molecule has 2 unspecified atom stereocenters. The number of thioether (sulfide) groups is 1. The SMILES string of the molecule is C=CC1(C(=O)O)CS[C@@H]2C(NC(=O)C(=NOC(C)(C)C(=O)OC(C)(C)C)c3csc(N)n3)C(=O)N2C1. The van der Waals surface area contributed by atoms with Gasteiger partial charge in [0.05, 0.1) is 0 Å². The molecular formula is C22H29N5O7S2. The third kappa shape index (κ3) is 5.48. The molecule has 1 aromatic rings. The number of nitrogens with one attached hydrogen (secondary N) is 1. The monoisotopic (exact) mass is 539 g/mol. The fraction of sp³-hybridized carbons (Fsp3) is 0.545. The third-order valence-electron chi connectivity index (χ3n) is 5.44. The number of carboxylic acids is 1. The fourth-order valence-corrected chi connectivity index (χ4v) is 5.43. The molecule has 2 amide bonds. The quantitative estimate of drug-likeness (QED) is 0.143. The molecule has 36 heavy (non-hydrogen) atoms. The third-order valence-corrected chi connectivity index (χ3v) is 7.67. The highest BCUT2D eigenvalue weighted by atomic mass is 32.2. The largest absolute Gasteiger partial charge is 0.481 e. The van der Waals surface area contributed by atoms with Crippen LogP contribution in [0.4, 0.5) is 5.13 Å². The molecule has 0 radical (unpaired) electrons. The number of hydrogen-bond acceptors (Lipinski definition) is 11. The first-order chi connectivity index (χ1) is 16.6. The maximum absolute atomic E-state index is 13.2. The Morgan fingerprint density at radius 3 is 2.56 bits per heavy atom. The number of oxime groups is 1. The van der Waals surface area contributed by atoms with Gasteiger partial charge in [-0.1, -0.05) is 11.2 Å². The summed E-state index contributed by atoms with van der Waals surface area (Å²) < 4.78 is 5.34. The molecule has 2 saturated heterocycles. The van der Waals surface area contributed by atoms with E-state index in [0.29, 0.717) is 0 Å². The number of nitrogens with zero attached hydrogens (tertiary/aromatic N) is 3. The Labute approximate surface area is 216 Å². The van der Waals surface area contributed by atoms with Crippen LogP contribution in [0.2, 0.25) is 0 Å². The lowest BCUT2D eigenvalue weighted by Gasteiger charge is -2.53. The predicted molar refractivity (Wildman–Crippen MR) is 134 cm³/mol. The number of carbonyl (C=O) groups excluding carboxylic acids is 3. The van der Waals surface area contributed by atoms with Crippen molar-refractivity contribution in [2.45, 2.75) is 57.2 Å². The number of carbonyl (C=O) groups is 4. The van der Waals surface area contributed by atoms with Crippen LogP contribution in [0.1, 0.15) is 40.3 Å². The molecule has 0 saturated carbocycles. The van der Waals surface area contributed by atoms with E-state index in [-0.39, 0.29) is 28.8 Å². The molecule has 12 nitrogen and oxygen atoms in total. The average Bonchev–Trinajstić information content (AvgIpc) is 3.21. The molecule has 2 fully saturated rings. The predicted octanol–water partition coefficient (Wildman–Crippen LogP) is 1.22. The number of rotatable bonds is 8. The van der Waals surface area contributed by atoms with E-state index in [2.05, 4.69) is 22.0 Å². The number of hydrogen-bond donors (Lipinski definition) is 3. The number of nitrogen functional groups attached to an aromatic ring is 1. The van der Waals surface area contributed by atoms with Crippen molar-refractivity contribution in [2.24, 2.45) is 10.6 Å². The van der Waals surface area contributed by atoms with Gasteiger partial charge in [-0.25, -0.2) is 9.78 Å². The zero-order valence-corrected chi connectivity index (χ0v) is 22.2. The highest BCUT2D eigenvalue weighted by molar-refractivity contribution is 8.00. The van der Waals surface area contributed by atoms with Gasteiger partial charge in [0.2, 0.25) is 11.5 Å². The molecule has 0 aromatic carbocycles. The van der Waals surface area contributed by atoms with E-state index in [9.17, 15) is 24.3 Å². The number of fused-ring (bicyclic) bond motifs is 1. The Morgan fingerprint density at radius 1 is 1.36 bits per heavy atom. The van der Waals surface area contributed by atoms with Crippen LogP contribution < -0.4 is 11.1 Å². The summed E-state index contributed by atoms with van der Waals surface area (Å²) in [5, 5.41) is 17.3. The molecule has 3 atom stereocenters. The number of nitrogens with two attached hydrogens (primary N) is 1. The van der Waals surface area contributed by atoms with Crippen LogP contribution >= 0.6 is 23.1 Å². The molecule has 0 aliphatic carbocycles. The fourth-order valence-electron chi connectivity index (χ4n) is 3.34. The number of ether oxygens (including phenoxy) is 1. The minimum atomic E-state index is -1.53. The van der Waals surface area contributed by atoms with Crippen molar-refractivity contribution in [3.63, 3.8) is 0 Å². The van der Waals surface area contributed by atoms with E-state index >= 15 is 0 Å². The second-order valence-electron chi connectivity index (χ2n) is 9.90. The molecule has 1 aromatic heterocycles. The standard InChI is InChI=1S/C22H29N5O7S2/c1-7-22(17(30)31)9-27-15(29)13(16(27)36-10-22)25-14(28)12(11-8-35-19(23)24-11)26-34-21(5,6)18(32)33-20(2,3)4/h7-8,13,16H,1,9-10H2,2-6H3,(H2,23,24)(H,25,28)(H,30,31)/t13?,16-,22?/m1/s1. The summed E-state index contributed by atoms with van der Waals surface area (Å²) in [7, 11) is 0. The van der Waals surface area contributed by atoms with Gasteiger partial charge in [0.25, 0.3) is 5.91 Å². The van der Waals surface area contributed by atoms with Crippen LogP contribution in [0.5, 0.6) is 0 Å². The average molecular weight is 540 g/mol. The molecule has 0 bridgehead atoms. The van der Waals surface area contributed by atoms with Crippen LogP contribution in [0.15, 0.2) is 23.2 Å². The van der Waals surface area contributed by atoms with Gasteiger partial charge < -0.3 is 30.6 Å². The molecule has 3 rings (SSSR count). The number of β-lactam (4-membered cyclic amide) rings is 1. The Kier molecular flexibility index (Phi) is 7.42. The minimum absolute atomic E-state index is 0.0363. The normalized spacial score (nSPS) is 24.3. The summed E-state index contributed by atoms with van der Waals surface area (Å²) in [6.45, 7) is 11.6. The summed E-state index contributed by atoms with van der Waals surface area (Å²) in [6, 6.07) is -0.904. The first-order valence-electron chi connectivity index (χ1n) is 10.9. The Hall–Kier alpha value is -3.13. The Balaban J connectivity index is 1.78. The van der Waals surface area contributed by atoms with Crippen LogP contribution in [-0.4, -0.2) is 79.4 Å². The smallest absolute Gasteiger partial charge is 0.353 e. The van der Waals surface area contributed by atoms with E-state index < -0.39 is 51.8 Å². The van der Waals surface area contributed by atoms with Gasteiger partial charge in [-0.15, -0.1) is 29.7 Å². The summed E-state index contributed by atoms with van der Waals surface area (Å²) in [6.07, 6.45) is 1.33. The maximum Gasteiger partial charge on any atom is 0.353 e. The highest BCUT2D eigenvalue weighted by Crippen LogP contribution is 2.42. The first-order valence-corrected chi connectivity index (χ1v) is 12.8. The molecule has 2 aliphatic rings. The lowest BCUT2D eigenvalue weighted by Crippen LogP contribution is -2.73. The van der Waals surface area contributed by atoms with Gasteiger partial charge >= 0.3 is 11.9 Å². The minimum Gasteiger partial charge on any atom is -0.481 e. The van der Waals surface area contributed by atoms with Gasteiger partial charge in [0, 0.05) is 17.7 Å². The molecule has 196 valence electrons. The summed E-state index contributed by atoms with van der Waals surface area (Å²) in [5.74, 6) is -2.76. The van der Waals surface area contributed by atoms with Gasteiger partial charge in [0.15, 0.2) is 10.8 Å². The highest BCUT2D eigenvalue weighted by Gasteiger charge is 2.56. The molecule has 4 N–H and O–H groups in total. The number of anilines is 1. The molecular weight excluding hydrogens is 510 g/mol. The Morgan fingerprint density at radius 2 is 2.03 bits per heavy atom. The van der Waals surface area contributed by atoms with Crippen LogP contribution in [0, 0.1) is 5.41 Å². The topological polar surface area (TPSA) is 174 Å². The number of amides is 2. The van der Waals surface area contributed by atoms with Gasteiger partial charge in [0.1, 0.15) is 28.1 Å². The van der Waals surface area contributed by atoms with Crippen molar-refractivity contribution >= 4 is 57.7 Å². The van der Waals surface area contributed by atoms with Crippen molar-refractivity contribution in [3.8, 4) is 0 Å². The van der Waals surface area contributed by atoms with Crippen LogP contribution in [-0.2, 0) is 28.8 Å². The molecule has 3 heterocycles. The molecule has 14 heteroatoms. The summed E-state index contributed by atoms with van der Waals surface area (Å²) in [4.78, 5) is 61.0. The number of thiazole rings is 1. The second-order valence-corrected chi connectivity index (χ2v) is 11.9.